The van der Waals surface area contributed by atoms with E-state index in [-0.39, 0.29) is 0 Å². The molecule has 0 saturated carbocycles. The van der Waals surface area contributed by atoms with Crippen LogP contribution in [0.2, 0.25) is 0 Å². The number of fused-ring (bicyclic) bond motifs is 2. The molecular formula is C17H22N6S. The number of aryl methyl sites for hydroxylation is 2. The standard InChI is InChI=1S/C17H22N6S/c1-10(2)7-12-9-24-17-15(12)16(19-11(3)20-17)18-8-14-22-21-13-5-4-6-23(13)14/h9-10H,4-8H2,1-3H3,(H,18,19,20). The van der Waals surface area contributed by atoms with Gasteiger partial charge in [0.05, 0.1) is 11.9 Å². The van der Waals surface area contributed by atoms with Gasteiger partial charge in [-0.1, -0.05) is 13.8 Å². The molecule has 0 aliphatic carbocycles. The Morgan fingerprint density at radius 3 is 3.00 bits per heavy atom. The Bertz CT molecular complexity index is 879. The van der Waals surface area contributed by atoms with Crippen molar-refractivity contribution in [3.63, 3.8) is 0 Å². The van der Waals surface area contributed by atoms with Crippen molar-refractivity contribution in [2.45, 2.75) is 53.1 Å². The number of thiophene rings is 1. The topological polar surface area (TPSA) is 68.5 Å². The molecule has 0 bridgehead atoms. The molecule has 126 valence electrons. The zero-order valence-corrected chi connectivity index (χ0v) is 15.2. The highest BCUT2D eigenvalue weighted by molar-refractivity contribution is 7.17. The van der Waals surface area contributed by atoms with Gasteiger partial charge in [-0.25, -0.2) is 9.97 Å². The number of anilines is 1. The highest BCUT2D eigenvalue weighted by Gasteiger charge is 2.18. The number of hydrogen-bond acceptors (Lipinski definition) is 6. The smallest absolute Gasteiger partial charge is 0.152 e. The Balaban J connectivity index is 1.66. The van der Waals surface area contributed by atoms with Gasteiger partial charge in [0.2, 0.25) is 0 Å². The quantitative estimate of drug-likeness (QED) is 0.770. The Hall–Kier alpha value is -2.02. The molecule has 6 nitrogen and oxygen atoms in total. The minimum Gasteiger partial charge on any atom is -0.362 e. The van der Waals surface area contributed by atoms with Gasteiger partial charge in [0.1, 0.15) is 22.3 Å². The number of aromatic nitrogens is 5. The molecule has 0 radical (unpaired) electrons. The van der Waals surface area contributed by atoms with E-state index in [1.165, 1.54) is 10.9 Å². The second-order valence-corrected chi connectivity index (χ2v) is 7.66. The lowest BCUT2D eigenvalue weighted by molar-refractivity contribution is 0.651. The van der Waals surface area contributed by atoms with Gasteiger partial charge in [0, 0.05) is 13.0 Å². The molecule has 1 N–H and O–H groups in total. The van der Waals surface area contributed by atoms with Gasteiger partial charge in [0.25, 0.3) is 0 Å². The first-order valence-corrected chi connectivity index (χ1v) is 9.39. The summed E-state index contributed by atoms with van der Waals surface area (Å²) in [5.41, 5.74) is 1.33. The van der Waals surface area contributed by atoms with Gasteiger partial charge in [0.15, 0.2) is 5.82 Å². The first-order chi connectivity index (χ1) is 11.6. The molecule has 0 spiro atoms. The highest BCUT2D eigenvalue weighted by Crippen LogP contribution is 2.32. The van der Waals surface area contributed by atoms with Crippen LogP contribution >= 0.6 is 11.3 Å². The SMILES string of the molecule is Cc1nc(NCc2nnc3n2CCC3)c2c(CC(C)C)csc2n1. The monoisotopic (exact) mass is 342 g/mol. The lowest BCUT2D eigenvalue weighted by atomic mass is 10.0. The lowest BCUT2D eigenvalue weighted by Gasteiger charge is -2.10. The zero-order valence-electron chi connectivity index (χ0n) is 14.3. The minimum atomic E-state index is 0.608. The molecule has 3 aromatic rings. The Morgan fingerprint density at radius 2 is 2.17 bits per heavy atom. The molecule has 0 fully saturated rings. The second-order valence-electron chi connectivity index (χ2n) is 6.80. The van der Waals surface area contributed by atoms with E-state index in [4.69, 9.17) is 0 Å². The fraction of sp³-hybridized carbons (Fsp3) is 0.529. The van der Waals surface area contributed by atoms with Gasteiger partial charge in [-0.3, -0.25) is 0 Å². The van der Waals surface area contributed by atoms with Crippen molar-refractivity contribution in [1.82, 2.24) is 24.7 Å². The molecule has 0 saturated heterocycles. The van der Waals surface area contributed by atoms with E-state index in [2.05, 4.69) is 49.3 Å². The molecule has 0 aromatic carbocycles. The molecule has 1 aliphatic rings. The van der Waals surface area contributed by atoms with Crippen LogP contribution in [0.4, 0.5) is 5.82 Å². The summed E-state index contributed by atoms with van der Waals surface area (Å²) < 4.78 is 2.22. The predicted octanol–water partition coefficient (Wildman–Crippen LogP) is 3.35. The molecule has 3 aromatic heterocycles. The average molecular weight is 342 g/mol. The molecule has 24 heavy (non-hydrogen) atoms. The predicted molar refractivity (Wildman–Crippen MR) is 96.4 cm³/mol. The number of rotatable bonds is 5. The second kappa shape index (κ2) is 6.12. The maximum Gasteiger partial charge on any atom is 0.152 e. The van der Waals surface area contributed by atoms with Crippen LogP contribution < -0.4 is 5.32 Å². The largest absolute Gasteiger partial charge is 0.362 e. The molecule has 0 amide bonds. The summed E-state index contributed by atoms with van der Waals surface area (Å²) in [6, 6.07) is 0. The minimum absolute atomic E-state index is 0.608. The van der Waals surface area contributed by atoms with Crippen LogP contribution in [0.3, 0.4) is 0 Å². The van der Waals surface area contributed by atoms with Crippen molar-refractivity contribution in [1.29, 1.82) is 0 Å². The van der Waals surface area contributed by atoms with Crippen LogP contribution in [0, 0.1) is 12.8 Å². The van der Waals surface area contributed by atoms with Crippen molar-refractivity contribution < 1.29 is 0 Å². The van der Waals surface area contributed by atoms with E-state index < -0.39 is 0 Å². The third-order valence-electron chi connectivity index (χ3n) is 4.35. The van der Waals surface area contributed by atoms with E-state index >= 15 is 0 Å². The first-order valence-electron chi connectivity index (χ1n) is 8.51. The van der Waals surface area contributed by atoms with Crippen molar-refractivity contribution >= 4 is 27.4 Å². The van der Waals surface area contributed by atoms with Crippen LogP contribution in [-0.2, 0) is 25.9 Å². The molecular weight excluding hydrogens is 320 g/mol. The van der Waals surface area contributed by atoms with Crippen LogP contribution in [0.15, 0.2) is 5.38 Å². The van der Waals surface area contributed by atoms with Crippen molar-refractivity contribution in [3.05, 3.63) is 28.4 Å². The fourth-order valence-corrected chi connectivity index (χ4v) is 4.33. The van der Waals surface area contributed by atoms with Crippen molar-refractivity contribution in [2.75, 3.05) is 5.32 Å². The number of nitrogens with one attached hydrogen (secondary N) is 1. The van der Waals surface area contributed by atoms with Gasteiger partial charge in [-0.05, 0) is 36.6 Å². The van der Waals surface area contributed by atoms with Gasteiger partial charge in [-0.15, -0.1) is 21.5 Å². The Labute approximate surface area is 145 Å². The molecule has 4 heterocycles. The number of hydrogen-bond donors (Lipinski definition) is 1. The van der Waals surface area contributed by atoms with Crippen molar-refractivity contribution in [2.24, 2.45) is 5.92 Å². The maximum absolute atomic E-state index is 4.66. The first kappa shape index (κ1) is 15.5. The lowest BCUT2D eigenvalue weighted by Crippen LogP contribution is -2.10. The van der Waals surface area contributed by atoms with Gasteiger partial charge >= 0.3 is 0 Å². The highest BCUT2D eigenvalue weighted by atomic mass is 32.1. The Morgan fingerprint density at radius 1 is 1.29 bits per heavy atom. The van der Waals surface area contributed by atoms with Crippen molar-refractivity contribution in [3.8, 4) is 0 Å². The molecule has 0 atom stereocenters. The van der Waals surface area contributed by atoms with Gasteiger partial charge in [-0.2, -0.15) is 0 Å². The van der Waals surface area contributed by atoms with E-state index in [0.29, 0.717) is 12.5 Å². The Kier molecular flexibility index (Phi) is 3.96. The van der Waals surface area contributed by atoms with Gasteiger partial charge < -0.3 is 9.88 Å². The maximum atomic E-state index is 4.66. The van der Waals surface area contributed by atoms with Crippen LogP contribution in [0.25, 0.3) is 10.2 Å². The van der Waals surface area contributed by atoms with E-state index in [0.717, 1.165) is 53.9 Å². The van der Waals surface area contributed by atoms with Crippen LogP contribution in [0.1, 0.15) is 43.3 Å². The van der Waals surface area contributed by atoms with Crippen LogP contribution in [0.5, 0.6) is 0 Å². The summed E-state index contributed by atoms with van der Waals surface area (Å²) in [5.74, 6) is 4.43. The molecule has 4 rings (SSSR count). The summed E-state index contributed by atoms with van der Waals surface area (Å²) in [6.07, 6.45) is 3.24. The molecule has 1 aliphatic heterocycles. The van der Waals surface area contributed by atoms with Crippen LogP contribution in [-0.4, -0.2) is 24.7 Å². The average Bonchev–Trinajstić information content (AvgIpc) is 3.20. The summed E-state index contributed by atoms with van der Waals surface area (Å²) in [6.45, 7) is 8.10. The van der Waals surface area contributed by atoms with E-state index in [1.807, 2.05) is 6.92 Å². The summed E-state index contributed by atoms with van der Waals surface area (Å²) in [7, 11) is 0. The zero-order chi connectivity index (χ0) is 16.7. The third-order valence-corrected chi connectivity index (χ3v) is 5.27. The summed E-state index contributed by atoms with van der Waals surface area (Å²) in [4.78, 5) is 10.3. The molecule has 0 unspecified atom stereocenters. The fourth-order valence-electron chi connectivity index (χ4n) is 3.33. The summed E-state index contributed by atoms with van der Waals surface area (Å²) >= 11 is 1.70. The number of nitrogens with zero attached hydrogens (tertiary/aromatic N) is 5. The normalized spacial score (nSPS) is 13.8. The van der Waals surface area contributed by atoms with E-state index in [1.54, 1.807) is 11.3 Å². The third kappa shape index (κ3) is 2.77. The van der Waals surface area contributed by atoms with E-state index in [9.17, 15) is 0 Å². The molecule has 7 heteroatoms. The summed E-state index contributed by atoms with van der Waals surface area (Å²) in [5, 5.41) is 15.5.